The van der Waals surface area contributed by atoms with Crippen LogP contribution in [0.3, 0.4) is 0 Å². The highest BCUT2D eigenvalue weighted by Crippen LogP contribution is 2.44. The Labute approximate surface area is 177 Å². The standard InChI is InChI=1S/C23H26Cl2N2O/c1-16-13-18-7-3-4-8-20(18)23(17(2)28,15-26-11-5-6-12-26)27(16)19-9-10-21(24)22(25)14-19/h3-4,7-10,14,16H,5-6,11-13,15H2,1-2H3. The van der Waals surface area contributed by atoms with Gasteiger partial charge < -0.3 is 9.80 Å². The normalized spacial score (nSPS) is 25.0. The molecule has 2 aromatic rings. The lowest BCUT2D eigenvalue weighted by atomic mass is 9.75. The number of benzene rings is 2. The summed E-state index contributed by atoms with van der Waals surface area (Å²) in [6, 6.07) is 14.3. The Morgan fingerprint density at radius 3 is 2.50 bits per heavy atom. The van der Waals surface area contributed by atoms with Gasteiger partial charge in [-0.2, -0.15) is 0 Å². The minimum Gasteiger partial charge on any atom is -0.351 e. The maximum absolute atomic E-state index is 13.4. The Morgan fingerprint density at radius 2 is 1.82 bits per heavy atom. The average molecular weight is 417 g/mol. The molecule has 4 rings (SSSR count). The molecule has 0 radical (unpaired) electrons. The first-order valence-corrected chi connectivity index (χ1v) is 10.8. The fourth-order valence-electron chi connectivity index (χ4n) is 5.02. The molecule has 0 bridgehead atoms. The molecule has 1 fully saturated rings. The lowest BCUT2D eigenvalue weighted by Crippen LogP contribution is -2.63. The first-order valence-electron chi connectivity index (χ1n) is 9.99. The first kappa shape index (κ1) is 19.8. The molecule has 0 aromatic heterocycles. The average Bonchev–Trinajstić information content (AvgIpc) is 3.17. The van der Waals surface area contributed by atoms with Gasteiger partial charge in [-0.3, -0.25) is 4.79 Å². The van der Waals surface area contributed by atoms with Crippen LogP contribution in [0.1, 0.15) is 37.8 Å². The van der Waals surface area contributed by atoms with Crippen molar-refractivity contribution in [2.75, 3.05) is 24.5 Å². The van der Waals surface area contributed by atoms with Crippen molar-refractivity contribution in [3.8, 4) is 0 Å². The predicted molar refractivity (Wildman–Crippen MR) is 117 cm³/mol. The van der Waals surface area contributed by atoms with Gasteiger partial charge in [0.05, 0.1) is 10.0 Å². The van der Waals surface area contributed by atoms with E-state index < -0.39 is 5.54 Å². The number of hydrogen-bond acceptors (Lipinski definition) is 3. The molecule has 0 aliphatic carbocycles. The SMILES string of the molecule is CC(=O)C1(CN2CCCC2)c2ccccc2CC(C)N1c1ccc(Cl)c(Cl)c1. The van der Waals surface area contributed by atoms with Crippen LogP contribution in [0.2, 0.25) is 10.0 Å². The van der Waals surface area contributed by atoms with Crippen LogP contribution in [0.25, 0.3) is 0 Å². The fourth-order valence-corrected chi connectivity index (χ4v) is 5.32. The minimum atomic E-state index is -0.726. The van der Waals surface area contributed by atoms with Crippen LogP contribution in [0, 0.1) is 0 Å². The van der Waals surface area contributed by atoms with Gasteiger partial charge in [-0.15, -0.1) is 0 Å². The van der Waals surface area contributed by atoms with Crippen molar-refractivity contribution < 1.29 is 4.79 Å². The van der Waals surface area contributed by atoms with E-state index >= 15 is 0 Å². The van der Waals surface area contributed by atoms with E-state index in [-0.39, 0.29) is 11.8 Å². The number of halogens is 2. The number of hydrogen-bond donors (Lipinski definition) is 0. The topological polar surface area (TPSA) is 23.6 Å². The van der Waals surface area contributed by atoms with Crippen molar-refractivity contribution in [3.05, 3.63) is 63.6 Å². The second kappa shape index (κ2) is 7.70. The second-order valence-corrected chi connectivity index (χ2v) is 8.89. The van der Waals surface area contributed by atoms with E-state index in [2.05, 4.69) is 34.9 Å². The van der Waals surface area contributed by atoms with Gasteiger partial charge in [0.2, 0.25) is 0 Å². The minimum absolute atomic E-state index is 0.165. The molecule has 1 saturated heterocycles. The van der Waals surface area contributed by atoms with Crippen molar-refractivity contribution in [1.29, 1.82) is 0 Å². The van der Waals surface area contributed by atoms with Crippen LogP contribution in [0.15, 0.2) is 42.5 Å². The van der Waals surface area contributed by atoms with Crippen molar-refractivity contribution in [1.82, 2.24) is 4.90 Å². The molecule has 2 atom stereocenters. The van der Waals surface area contributed by atoms with Gasteiger partial charge in [-0.1, -0.05) is 47.5 Å². The second-order valence-electron chi connectivity index (χ2n) is 8.08. The maximum atomic E-state index is 13.4. The third-order valence-corrected chi connectivity index (χ3v) is 6.98. The number of Topliss-reactive ketones (excluding diaryl/α,β-unsaturated/α-hetero) is 1. The van der Waals surface area contributed by atoms with Gasteiger partial charge in [0.1, 0.15) is 5.54 Å². The Hall–Kier alpha value is -1.55. The zero-order valence-corrected chi connectivity index (χ0v) is 17.9. The molecule has 5 heteroatoms. The van der Waals surface area contributed by atoms with E-state index in [1.807, 2.05) is 24.3 Å². The molecule has 2 aliphatic rings. The molecule has 2 aliphatic heterocycles. The maximum Gasteiger partial charge on any atom is 0.161 e. The molecule has 0 spiro atoms. The van der Waals surface area contributed by atoms with E-state index in [9.17, 15) is 4.79 Å². The summed E-state index contributed by atoms with van der Waals surface area (Å²) in [5.41, 5.74) is 2.61. The number of anilines is 1. The molecule has 2 heterocycles. The molecule has 0 N–H and O–H groups in total. The Kier molecular flexibility index (Phi) is 5.43. The Morgan fingerprint density at radius 1 is 1.11 bits per heavy atom. The Bertz CT molecular complexity index is 894. The Balaban J connectivity index is 1.92. The number of carbonyl (C=O) groups excluding carboxylic acids is 1. The first-order chi connectivity index (χ1) is 13.4. The van der Waals surface area contributed by atoms with Crippen molar-refractivity contribution in [2.45, 2.75) is 44.7 Å². The van der Waals surface area contributed by atoms with Crippen LogP contribution in [-0.2, 0) is 16.8 Å². The molecule has 2 unspecified atom stereocenters. The van der Waals surface area contributed by atoms with Gasteiger partial charge in [0.15, 0.2) is 5.78 Å². The van der Waals surface area contributed by atoms with E-state index in [1.54, 1.807) is 6.92 Å². The predicted octanol–water partition coefficient (Wildman–Crippen LogP) is 5.32. The number of carbonyl (C=O) groups is 1. The number of nitrogens with zero attached hydrogens (tertiary/aromatic N) is 2. The summed E-state index contributed by atoms with van der Waals surface area (Å²) in [6.45, 7) is 6.71. The zero-order chi connectivity index (χ0) is 19.9. The largest absolute Gasteiger partial charge is 0.351 e. The number of likely N-dealkylation sites (tertiary alicyclic amines) is 1. The zero-order valence-electron chi connectivity index (χ0n) is 16.4. The highest BCUT2D eigenvalue weighted by molar-refractivity contribution is 6.42. The fraction of sp³-hybridized carbons (Fsp3) is 0.435. The molecule has 2 aromatic carbocycles. The number of ketones is 1. The third kappa shape index (κ3) is 3.24. The van der Waals surface area contributed by atoms with E-state index in [0.717, 1.165) is 30.8 Å². The van der Waals surface area contributed by atoms with Gasteiger partial charge in [-0.25, -0.2) is 0 Å². The smallest absolute Gasteiger partial charge is 0.161 e. The summed E-state index contributed by atoms with van der Waals surface area (Å²) in [6.07, 6.45) is 3.28. The van der Waals surface area contributed by atoms with Crippen molar-refractivity contribution in [3.63, 3.8) is 0 Å². The van der Waals surface area contributed by atoms with Crippen LogP contribution >= 0.6 is 23.2 Å². The summed E-state index contributed by atoms with van der Waals surface area (Å²) < 4.78 is 0. The van der Waals surface area contributed by atoms with Crippen LogP contribution < -0.4 is 4.90 Å². The number of rotatable bonds is 4. The van der Waals surface area contributed by atoms with Gasteiger partial charge >= 0.3 is 0 Å². The molecular weight excluding hydrogens is 391 g/mol. The quantitative estimate of drug-likeness (QED) is 0.672. The van der Waals surface area contributed by atoms with Crippen molar-refractivity contribution >= 4 is 34.7 Å². The number of fused-ring (bicyclic) bond motifs is 1. The molecule has 0 amide bonds. The monoisotopic (exact) mass is 416 g/mol. The highest BCUT2D eigenvalue weighted by Gasteiger charge is 2.50. The van der Waals surface area contributed by atoms with Crippen LogP contribution in [0.5, 0.6) is 0 Å². The van der Waals surface area contributed by atoms with Crippen molar-refractivity contribution in [2.24, 2.45) is 0 Å². The molecule has 28 heavy (non-hydrogen) atoms. The molecular formula is C23H26Cl2N2O. The van der Waals surface area contributed by atoms with E-state index in [4.69, 9.17) is 23.2 Å². The van der Waals surface area contributed by atoms with Gasteiger partial charge in [0, 0.05) is 18.3 Å². The van der Waals surface area contributed by atoms with Crippen LogP contribution in [0.4, 0.5) is 5.69 Å². The molecule has 3 nitrogen and oxygen atoms in total. The lowest BCUT2D eigenvalue weighted by Gasteiger charge is -2.52. The van der Waals surface area contributed by atoms with Crippen LogP contribution in [-0.4, -0.2) is 36.4 Å². The van der Waals surface area contributed by atoms with Gasteiger partial charge in [-0.05, 0) is 75.5 Å². The highest BCUT2D eigenvalue weighted by atomic mass is 35.5. The van der Waals surface area contributed by atoms with E-state index in [1.165, 1.54) is 18.4 Å². The lowest BCUT2D eigenvalue weighted by molar-refractivity contribution is -0.123. The third-order valence-electron chi connectivity index (χ3n) is 6.25. The summed E-state index contributed by atoms with van der Waals surface area (Å²) >= 11 is 12.6. The summed E-state index contributed by atoms with van der Waals surface area (Å²) in [5, 5.41) is 1.05. The summed E-state index contributed by atoms with van der Waals surface area (Å²) in [4.78, 5) is 18.1. The summed E-state index contributed by atoms with van der Waals surface area (Å²) in [5.74, 6) is 0.171. The van der Waals surface area contributed by atoms with E-state index in [0.29, 0.717) is 16.6 Å². The molecule has 0 saturated carbocycles. The summed E-state index contributed by atoms with van der Waals surface area (Å²) in [7, 11) is 0. The molecule has 148 valence electrons. The van der Waals surface area contributed by atoms with Gasteiger partial charge in [0.25, 0.3) is 0 Å².